The van der Waals surface area contributed by atoms with E-state index in [0.29, 0.717) is 29.8 Å². The first-order chi connectivity index (χ1) is 17.9. The van der Waals surface area contributed by atoms with Gasteiger partial charge in [0.1, 0.15) is 11.9 Å². The number of hydrogen-bond acceptors (Lipinski definition) is 6. The maximum atomic E-state index is 12.9. The monoisotopic (exact) mass is 594 g/mol. The first-order valence-electron chi connectivity index (χ1n) is 13.0. The van der Waals surface area contributed by atoms with Crippen molar-refractivity contribution in [3.8, 4) is 5.75 Å². The Morgan fingerprint density at radius 3 is 2.44 bits per heavy atom. The molecule has 0 radical (unpaired) electrons. The number of piperazine rings is 1. The number of aliphatic hydroxyl groups is 1. The van der Waals surface area contributed by atoms with E-state index >= 15 is 0 Å². The highest BCUT2D eigenvalue weighted by molar-refractivity contribution is 6.33. The zero-order chi connectivity index (χ0) is 26.0. The van der Waals surface area contributed by atoms with Crippen LogP contribution in [0.1, 0.15) is 35.2 Å². The fraction of sp³-hybridized carbons (Fsp3) is 0.433. The van der Waals surface area contributed by atoms with Crippen LogP contribution in [0.2, 0.25) is 5.02 Å². The van der Waals surface area contributed by atoms with Crippen molar-refractivity contribution in [2.45, 2.75) is 31.0 Å². The number of nitrogens with zero attached hydrogens (tertiary/aromatic N) is 2. The van der Waals surface area contributed by atoms with E-state index in [1.54, 1.807) is 31.4 Å². The first-order valence-corrected chi connectivity index (χ1v) is 13.4. The zero-order valence-corrected chi connectivity index (χ0v) is 24.7. The van der Waals surface area contributed by atoms with Crippen molar-refractivity contribution in [2.75, 3.05) is 46.9 Å². The molecule has 1 saturated carbocycles. The number of methoxy groups -OCH3 is 1. The van der Waals surface area contributed by atoms with E-state index in [-0.39, 0.29) is 36.8 Å². The van der Waals surface area contributed by atoms with Gasteiger partial charge in [-0.25, -0.2) is 4.79 Å². The molecule has 2 aliphatic rings. The Hall–Kier alpha value is -2.06. The molecule has 3 aromatic carbocycles. The van der Waals surface area contributed by atoms with Crippen molar-refractivity contribution >= 4 is 53.2 Å². The molecule has 1 aliphatic carbocycles. The van der Waals surface area contributed by atoms with E-state index in [1.165, 1.54) is 0 Å². The predicted octanol–water partition coefficient (Wildman–Crippen LogP) is 5.81. The summed E-state index contributed by atoms with van der Waals surface area (Å²) in [7, 11) is 3.81. The van der Waals surface area contributed by atoms with Crippen LogP contribution in [-0.4, -0.2) is 73.9 Å². The lowest BCUT2D eigenvalue weighted by molar-refractivity contribution is -0.100. The van der Waals surface area contributed by atoms with Crippen molar-refractivity contribution in [1.82, 2.24) is 9.80 Å². The largest absolute Gasteiger partial charge is 0.497 e. The van der Waals surface area contributed by atoms with Crippen LogP contribution in [0, 0.1) is 5.92 Å². The molecule has 0 bridgehead atoms. The van der Waals surface area contributed by atoms with Crippen LogP contribution in [-0.2, 0) is 10.3 Å². The van der Waals surface area contributed by atoms with Crippen LogP contribution in [0.15, 0.2) is 60.7 Å². The molecular weight excluding hydrogens is 559 g/mol. The molecule has 212 valence electrons. The molecule has 0 amide bonds. The third-order valence-corrected chi connectivity index (χ3v) is 8.39. The summed E-state index contributed by atoms with van der Waals surface area (Å²) in [6, 6.07) is 19.2. The topological polar surface area (TPSA) is 62.2 Å². The Morgan fingerprint density at radius 1 is 1.03 bits per heavy atom. The van der Waals surface area contributed by atoms with Gasteiger partial charge in [0.2, 0.25) is 0 Å². The van der Waals surface area contributed by atoms with Crippen LogP contribution >= 0.6 is 36.4 Å². The van der Waals surface area contributed by atoms with E-state index in [9.17, 15) is 9.90 Å². The quantitative estimate of drug-likeness (QED) is 0.363. The highest BCUT2D eigenvalue weighted by Gasteiger charge is 2.45. The van der Waals surface area contributed by atoms with E-state index in [2.05, 4.69) is 29.0 Å². The Labute approximate surface area is 248 Å². The molecule has 2 fully saturated rings. The van der Waals surface area contributed by atoms with Gasteiger partial charge < -0.3 is 24.4 Å². The number of benzene rings is 3. The van der Waals surface area contributed by atoms with Crippen molar-refractivity contribution < 1.29 is 19.4 Å². The standard InChI is InChI=1S/C30H35ClN2O4.2ClH/c1-32-13-15-33(16-14-32)20-24-19-26(37-29(34)27-5-3-4-6-28(27)31)11-12-30(24,35)23-9-7-22-18-25(36-2)10-8-21(22)17-23;;/h3-10,17-18,24,26,35H,11-16,19-20H2,1-2H3;2*1H. The number of likely N-dealkylation sites (N-methyl/N-ethyl adjacent to an activating group) is 1. The number of halogens is 3. The highest BCUT2D eigenvalue weighted by Crippen LogP contribution is 2.44. The van der Waals surface area contributed by atoms with Gasteiger partial charge in [0.05, 0.1) is 23.3 Å². The Kier molecular flexibility index (Phi) is 10.9. The van der Waals surface area contributed by atoms with Crippen molar-refractivity contribution in [2.24, 2.45) is 5.92 Å². The Bertz CT molecular complexity index is 1270. The average molecular weight is 596 g/mol. The molecule has 3 aromatic rings. The van der Waals surface area contributed by atoms with Crippen molar-refractivity contribution in [3.63, 3.8) is 0 Å². The third-order valence-electron chi connectivity index (χ3n) is 8.06. The third kappa shape index (κ3) is 6.99. The van der Waals surface area contributed by atoms with Gasteiger partial charge in [-0.05, 0) is 73.0 Å². The molecule has 0 aromatic heterocycles. The van der Waals surface area contributed by atoms with E-state index < -0.39 is 11.6 Å². The van der Waals surface area contributed by atoms with E-state index in [1.807, 2.05) is 24.3 Å². The van der Waals surface area contributed by atoms with Crippen LogP contribution in [0.4, 0.5) is 0 Å². The molecule has 39 heavy (non-hydrogen) atoms. The summed E-state index contributed by atoms with van der Waals surface area (Å²) in [6.45, 7) is 4.70. The van der Waals surface area contributed by atoms with Gasteiger partial charge in [-0.3, -0.25) is 0 Å². The second-order valence-corrected chi connectivity index (χ2v) is 10.8. The second-order valence-electron chi connectivity index (χ2n) is 10.4. The number of ether oxygens (including phenoxy) is 2. The number of carbonyl (C=O) groups is 1. The fourth-order valence-corrected chi connectivity index (χ4v) is 5.94. The van der Waals surface area contributed by atoms with Gasteiger partial charge in [-0.15, -0.1) is 24.8 Å². The number of rotatable bonds is 6. The number of fused-ring (bicyclic) bond motifs is 1. The summed E-state index contributed by atoms with van der Waals surface area (Å²) in [5.74, 6) is 0.330. The Balaban J connectivity index is 0.00000210. The molecule has 5 rings (SSSR count). The fourth-order valence-electron chi connectivity index (χ4n) is 5.73. The molecule has 9 heteroatoms. The molecular formula is C30H37Cl3N2O4. The zero-order valence-electron chi connectivity index (χ0n) is 22.3. The minimum absolute atomic E-state index is 0. The molecule has 3 atom stereocenters. The van der Waals surface area contributed by atoms with E-state index in [0.717, 1.165) is 54.8 Å². The van der Waals surface area contributed by atoms with Gasteiger partial charge in [0.25, 0.3) is 0 Å². The molecule has 0 spiro atoms. The lowest BCUT2D eigenvalue weighted by Crippen LogP contribution is -2.52. The lowest BCUT2D eigenvalue weighted by atomic mass is 9.70. The molecule has 1 aliphatic heterocycles. The summed E-state index contributed by atoms with van der Waals surface area (Å²) in [4.78, 5) is 17.7. The normalized spacial score (nSPS) is 23.9. The van der Waals surface area contributed by atoms with Crippen LogP contribution in [0.5, 0.6) is 5.75 Å². The first kappa shape index (κ1) is 31.5. The predicted molar refractivity (Wildman–Crippen MR) is 161 cm³/mol. The van der Waals surface area contributed by atoms with E-state index in [4.69, 9.17) is 21.1 Å². The molecule has 1 heterocycles. The van der Waals surface area contributed by atoms with Gasteiger partial charge in [0.15, 0.2) is 0 Å². The molecule has 6 nitrogen and oxygen atoms in total. The Morgan fingerprint density at radius 2 is 1.72 bits per heavy atom. The average Bonchev–Trinajstić information content (AvgIpc) is 2.91. The molecule has 3 unspecified atom stereocenters. The van der Waals surface area contributed by atoms with Gasteiger partial charge in [0, 0.05) is 38.6 Å². The number of hydrogen-bond donors (Lipinski definition) is 1. The number of carbonyl (C=O) groups excluding carboxylic acids is 1. The second kappa shape index (κ2) is 13.5. The molecule has 1 saturated heterocycles. The minimum Gasteiger partial charge on any atom is -0.497 e. The lowest BCUT2D eigenvalue weighted by Gasteiger charge is -2.46. The van der Waals surface area contributed by atoms with Crippen LogP contribution in [0.3, 0.4) is 0 Å². The van der Waals surface area contributed by atoms with Gasteiger partial charge in [-0.1, -0.05) is 41.9 Å². The summed E-state index contributed by atoms with van der Waals surface area (Å²) >= 11 is 6.24. The van der Waals surface area contributed by atoms with Gasteiger partial charge in [-0.2, -0.15) is 0 Å². The minimum atomic E-state index is -1.01. The summed E-state index contributed by atoms with van der Waals surface area (Å²) < 4.78 is 11.3. The summed E-state index contributed by atoms with van der Waals surface area (Å²) in [5, 5.41) is 14.8. The van der Waals surface area contributed by atoms with Crippen molar-refractivity contribution in [1.29, 1.82) is 0 Å². The number of esters is 1. The smallest absolute Gasteiger partial charge is 0.339 e. The SMILES string of the molecule is COc1ccc2cc(C3(O)CCC(OC(=O)c4ccccc4Cl)CC3CN3CCN(C)CC3)ccc2c1.Cl.Cl. The maximum absolute atomic E-state index is 12.9. The highest BCUT2D eigenvalue weighted by atomic mass is 35.5. The maximum Gasteiger partial charge on any atom is 0.339 e. The van der Waals surface area contributed by atoms with Gasteiger partial charge >= 0.3 is 5.97 Å². The van der Waals surface area contributed by atoms with Crippen LogP contribution < -0.4 is 4.74 Å². The van der Waals surface area contributed by atoms with Crippen LogP contribution in [0.25, 0.3) is 10.8 Å². The molecule has 1 N–H and O–H groups in total. The summed E-state index contributed by atoms with van der Waals surface area (Å²) in [6.07, 6.45) is 1.44. The summed E-state index contributed by atoms with van der Waals surface area (Å²) in [5.41, 5.74) is 0.288. The van der Waals surface area contributed by atoms with Crippen molar-refractivity contribution in [3.05, 3.63) is 76.8 Å².